The Balaban J connectivity index is 1.63. The molecule has 1 aliphatic carbocycles. The molecular weight excluding hydrogens is 314 g/mol. The number of aromatic amines is 1. The Morgan fingerprint density at radius 2 is 1.96 bits per heavy atom. The average molecular weight is 337 g/mol. The second-order valence-electron chi connectivity index (χ2n) is 7.88. The molecule has 6 heteroatoms. The van der Waals surface area contributed by atoms with Crippen LogP contribution in [0.25, 0.3) is 11.0 Å². The smallest absolute Gasteiger partial charge is 0.263 e. The summed E-state index contributed by atoms with van der Waals surface area (Å²) in [5.74, 6) is 0.505. The van der Waals surface area contributed by atoms with Crippen LogP contribution in [0, 0.1) is 0 Å². The molecule has 0 atom stereocenters. The van der Waals surface area contributed by atoms with E-state index in [2.05, 4.69) is 44.6 Å². The first kappa shape index (κ1) is 15.9. The van der Waals surface area contributed by atoms with Crippen LogP contribution in [0.2, 0.25) is 0 Å². The van der Waals surface area contributed by atoms with Gasteiger partial charge in [0.1, 0.15) is 5.39 Å². The van der Waals surface area contributed by atoms with E-state index in [1.54, 1.807) is 10.9 Å². The molecule has 1 fully saturated rings. The summed E-state index contributed by atoms with van der Waals surface area (Å²) < 4.78 is 1.80. The van der Waals surface area contributed by atoms with Gasteiger partial charge in [0.15, 0.2) is 5.65 Å². The third kappa shape index (κ3) is 2.81. The molecule has 2 N–H and O–H groups in total. The summed E-state index contributed by atoms with van der Waals surface area (Å²) in [6.45, 7) is 6.90. The Kier molecular flexibility index (Phi) is 3.45. The molecule has 1 aliphatic rings. The molecule has 130 valence electrons. The van der Waals surface area contributed by atoms with Crippen LogP contribution >= 0.6 is 0 Å². The van der Waals surface area contributed by atoms with Gasteiger partial charge < -0.3 is 5.32 Å². The van der Waals surface area contributed by atoms with Crippen molar-refractivity contribution in [1.82, 2.24) is 19.7 Å². The lowest BCUT2D eigenvalue weighted by Crippen LogP contribution is -2.25. The maximum atomic E-state index is 12.4. The Bertz CT molecular complexity index is 961. The van der Waals surface area contributed by atoms with Crippen LogP contribution in [0.15, 0.2) is 41.3 Å². The first-order chi connectivity index (χ1) is 11.9. The molecule has 0 amide bonds. The van der Waals surface area contributed by atoms with E-state index < -0.39 is 0 Å². The predicted octanol–water partition coefficient (Wildman–Crippen LogP) is 3.02. The third-order valence-corrected chi connectivity index (χ3v) is 4.91. The van der Waals surface area contributed by atoms with Gasteiger partial charge in [0, 0.05) is 12.0 Å². The van der Waals surface area contributed by atoms with Crippen molar-refractivity contribution in [2.45, 2.75) is 44.6 Å². The van der Waals surface area contributed by atoms with Crippen molar-refractivity contribution in [2.75, 3.05) is 11.9 Å². The molecule has 3 aromatic rings. The molecule has 6 nitrogen and oxygen atoms in total. The molecule has 0 bridgehead atoms. The maximum absolute atomic E-state index is 12.4. The van der Waals surface area contributed by atoms with Gasteiger partial charge in [0.25, 0.3) is 5.56 Å². The highest BCUT2D eigenvalue weighted by Crippen LogP contribution is 2.47. The number of nitrogens with one attached hydrogen (secondary N) is 2. The quantitative estimate of drug-likeness (QED) is 0.767. The molecular formula is C19H23N5O. The monoisotopic (exact) mass is 337 g/mol. The Hall–Kier alpha value is -2.63. The highest BCUT2D eigenvalue weighted by molar-refractivity contribution is 5.74. The molecule has 2 heterocycles. The average Bonchev–Trinajstić information content (AvgIpc) is 3.24. The van der Waals surface area contributed by atoms with Gasteiger partial charge in [-0.2, -0.15) is 10.1 Å². The number of hydrogen-bond acceptors (Lipinski definition) is 4. The molecule has 4 rings (SSSR count). The number of hydrogen-bond donors (Lipinski definition) is 2. The molecule has 0 unspecified atom stereocenters. The summed E-state index contributed by atoms with van der Waals surface area (Å²) in [7, 11) is 0. The zero-order valence-corrected chi connectivity index (χ0v) is 14.8. The molecule has 1 saturated carbocycles. The lowest BCUT2D eigenvalue weighted by atomic mass is 9.96. The van der Waals surface area contributed by atoms with Gasteiger partial charge in [-0.3, -0.25) is 9.78 Å². The Morgan fingerprint density at radius 3 is 2.60 bits per heavy atom. The zero-order chi connectivity index (χ0) is 17.7. The van der Waals surface area contributed by atoms with Crippen molar-refractivity contribution in [3.05, 3.63) is 52.4 Å². The number of benzene rings is 1. The van der Waals surface area contributed by atoms with Crippen LogP contribution < -0.4 is 10.9 Å². The van der Waals surface area contributed by atoms with E-state index in [0.717, 1.165) is 19.4 Å². The fourth-order valence-corrected chi connectivity index (χ4v) is 3.26. The minimum absolute atomic E-state index is 0.152. The van der Waals surface area contributed by atoms with Crippen molar-refractivity contribution in [2.24, 2.45) is 0 Å². The summed E-state index contributed by atoms with van der Waals surface area (Å²) in [4.78, 5) is 19.8. The number of anilines is 1. The number of H-pyrrole nitrogens is 1. The largest absolute Gasteiger partial charge is 0.355 e. The number of nitrogens with zero attached hydrogens (tertiary/aromatic N) is 3. The highest BCUT2D eigenvalue weighted by Gasteiger charge is 2.44. The summed E-state index contributed by atoms with van der Waals surface area (Å²) in [5.41, 5.74) is 1.71. The molecule has 1 aromatic carbocycles. The molecule has 0 aliphatic heterocycles. The first-order valence-corrected chi connectivity index (χ1v) is 8.67. The normalized spacial score (nSPS) is 16.1. The summed E-state index contributed by atoms with van der Waals surface area (Å²) >= 11 is 0. The standard InChI is InChI=1S/C19H23N5O/c1-18(2,3)24-15-14(11-21-24)16(25)23-17(22-15)20-12-19(9-10-19)13-7-5-4-6-8-13/h4-8,11H,9-10,12H2,1-3H3,(H2,20,22,23,25). The van der Waals surface area contributed by atoms with Gasteiger partial charge in [0.05, 0.1) is 11.7 Å². The van der Waals surface area contributed by atoms with Crippen LogP contribution in [-0.2, 0) is 11.0 Å². The van der Waals surface area contributed by atoms with E-state index in [1.807, 2.05) is 26.8 Å². The lowest BCUT2D eigenvalue weighted by molar-refractivity contribution is 0.366. The van der Waals surface area contributed by atoms with Crippen molar-refractivity contribution in [1.29, 1.82) is 0 Å². The fourth-order valence-electron chi connectivity index (χ4n) is 3.26. The van der Waals surface area contributed by atoms with Crippen LogP contribution in [-0.4, -0.2) is 26.3 Å². The molecule has 0 saturated heterocycles. The summed E-state index contributed by atoms with van der Waals surface area (Å²) in [6, 6.07) is 10.5. The van der Waals surface area contributed by atoms with Gasteiger partial charge in [0.2, 0.25) is 5.95 Å². The molecule has 25 heavy (non-hydrogen) atoms. The van der Waals surface area contributed by atoms with Gasteiger partial charge >= 0.3 is 0 Å². The van der Waals surface area contributed by atoms with Crippen LogP contribution in [0.5, 0.6) is 0 Å². The van der Waals surface area contributed by atoms with Crippen LogP contribution in [0.1, 0.15) is 39.2 Å². The SMILES string of the molecule is CC(C)(C)n1ncc2c(=O)[nH]c(NCC3(c4ccccc4)CC3)nc21. The van der Waals surface area contributed by atoms with E-state index in [-0.39, 0.29) is 16.5 Å². The van der Waals surface area contributed by atoms with Gasteiger partial charge in [-0.15, -0.1) is 0 Å². The number of fused-ring (bicyclic) bond motifs is 1. The van der Waals surface area contributed by atoms with Gasteiger partial charge in [-0.25, -0.2) is 4.68 Å². The lowest BCUT2D eigenvalue weighted by Gasteiger charge is -2.20. The molecule has 0 spiro atoms. The van der Waals surface area contributed by atoms with Crippen molar-refractivity contribution in [3.8, 4) is 0 Å². The van der Waals surface area contributed by atoms with E-state index in [1.165, 1.54) is 5.56 Å². The molecule has 0 radical (unpaired) electrons. The van der Waals surface area contributed by atoms with Gasteiger partial charge in [-0.1, -0.05) is 30.3 Å². The van der Waals surface area contributed by atoms with Crippen molar-refractivity contribution < 1.29 is 0 Å². The molecule has 2 aromatic heterocycles. The van der Waals surface area contributed by atoms with Gasteiger partial charge in [-0.05, 0) is 39.2 Å². The summed E-state index contributed by atoms with van der Waals surface area (Å²) in [5, 5.41) is 8.20. The predicted molar refractivity (Wildman–Crippen MR) is 99.0 cm³/mol. The zero-order valence-electron chi connectivity index (χ0n) is 14.8. The Morgan fingerprint density at radius 1 is 1.24 bits per heavy atom. The van der Waals surface area contributed by atoms with Crippen molar-refractivity contribution in [3.63, 3.8) is 0 Å². The van der Waals surface area contributed by atoms with Crippen molar-refractivity contribution >= 4 is 17.0 Å². The minimum atomic E-state index is -0.235. The second-order valence-corrected chi connectivity index (χ2v) is 7.88. The van der Waals surface area contributed by atoms with Crippen LogP contribution in [0.3, 0.4) is 0 Å². The summed E-state index contributed by atoms with van der Waals surface area (Å²) in [6.07, 6.45) is 3.88. The van der Waals surface area contributed by atoms with E-state index in [9.17, 15) is 4.79 Å². The third-order valence-electron chi connectivity index (χ3n) is 4.91. The Labute approximate surface area is 146 Å². The topological polar surface area (TPSA) is 75.6 Å². The second kappa shape index (κ2) is 5.44. The van der Waals surface area contributed by atoms with E-state index in [0.29, 0.717) is 17.0 Å². The maximum Gasteiger partial charge on any atom is 0.263 e. The van der Waals surface area contributed by atoms with E-state index >= 15 is 0 Å². The number of rotatable bonds is 4. The fraction of sp³-hybridized carbons (Fsp3) is 0.421. The first-order valence-electron chi connectivity index (χ1n) is 8.67. The van der Waals surface area contributed by atoms with Crippen LogP contribution in [0.4, 0.5) is 5.95 Å². The minimum Gasteiger partial charge on any atom is -0.355 e. The number of aromatic nitrogens is 4. The highest BCUT2D eigenvalue weighted by atomic mass is 16.1. The van der Waals surface area contributed by atoms with E-state index in [4.69, 9.17) is 0 Å².